The number of carbonyl (C=O) groups excluding carboxylic acids is 1. The standard InChI is InChI=1S/C25H28N4O5S/c1-3-12-29-21-14-18(8-11-22(21)33-16-23(29)30)24-26-25(34-27-24)19-5-4-13-28(15-19)35(31,32)20-9-6-17(2)7-10-20/h6-11,14,19H,3-5,12-13,15-16H2,1-2H3/t19-/m1/s1. The number of aromatic nitrogens is 2. The lowest BCUT2D eigenvalue weighted by molar-refractivity contribution is -0.121. The zero-order valence-corrected chi connectivity index (χ0v) is 20.6. The Morgan fingerprint density at radius 3 is 2.71 bits per heavy atom. The maximum Gasteiger partial charge on any atom is 0.265 e. The summed E-state index contributed by atoms with van der Waals surface area (Å²) < 4.78 is 39.0. The number of fused-ring (bicyclic) bond motifs is 1. The number of piperidine rings is 1. The number of hydrogen-bond acceptors (Lipinski definition) is 7. The normalized spacial score (nSPS) is 18.9. The van der Waals surface area contributed by atoms with E-state index >= 15 is 0 Å². The molecule has 1 amide bonds. The molecule has 0 radical (unpaired) electrons. The summed E-state index contributed by atoms with van der Waals surface area (Å²) in [7, 11) is -3.60. The number of aryl methyl sites for hydroxylation is 1. The molecule has 2 aromatic carbocycles. The second-order valence-corrected chi connectivity index (χ2v) is 10.9. The summed E-state index contributed by atoms with van der Waals surface area (Å²) in [6, 6.07) is 12.4. The van der Waals surface area contributed by atoms with E-state index < -0.39 is 10.0 Å². The van der Waals surface area contributed by atoms with Gasteiger partial charge in [0.25, 0.3) is 5.91 Å². The number of nitrogens with zero attached hydrogens (tertiary/aromatic N) is 4. The van der Waals surface area contributed by atoms with Gasteiger partial charge in [-0.1, -0.05) is 29.8 Å². The van der Waals surface area contributed by atoms with Crippen molar-refractivity contribution in [2.75, 3.05) is 31.1 Å². The Morgan fingerprint density at radius 2 is 1.94 bits per heavy atom. The maximum atomic E-state index is 13.2. The van der Waals surface area contributed by atoms with Gasteiger partial charge in [0.1, 0.15) is 5.75 Å². The molecule has 3 aromatic rings. The largest absolute Gasteiger partial charge is 0.482 e. The van der Waals surface area contributed by atoms with Gasteiger partial charge in [0.05, 0.1) is 16.5 Å². The minimum absolute atomic E-state index is 0.0301. The molecule has 1 saturated heterocycles. The molecule has 1 atom stereocenters. The van der Waals surface area contributed by atoms with Crippen molar-refractivity contribution in [1.29, 1.82) is 0 Å². The molecule has 35 heavy (non-hydrogen) atoms. The molecule has 0 spiro atoms. The molecule has 0 saturated carbocycles. The topological polar surface area (TPSA) is 106 Å². The van der Waals surface area contributed by atoms with E-state index in [1.807, 2.05) is 32.0 Å². The molecule has 184 valence electrons. The van der Waals surface area contributed by atoms with Crippen molar-refractivity contribution in [3.8, 4) is 17.1 Å². The van der Waals surface area contributed by atoms with Gasteiger partial charge in [0, 0.05) is 25.2 Å². The summed E-state index contributed by atoms with van der Waals surface area (Å²) in [6.07, 6.45) is 2.29. The van der Waals surface area contributed by atoms with Gasteiger partial charge in [0.2, 0.25) is 21.7 Å². The van der Waals surface area contributed by atoms with Crippen LogP contribution in [0.4, 0.5) is 5.69 Å². The second-order valence-electron chi connectivity index (χ2n) is 8.99. The molecule has 10 heteroatoms. The van der Waals surface area contributed by atoms with Gasteiger partial charge in [-0.3, -0.25) is 4.79 Å². The van der Waals surface area contributed by atoms with E-state index in [9.17, 15) is 13.2 Å². The highest BCUT2D eigenvalue weighted by molar-refractivity contribution is 7.89. The fourth-order valence-electron chi connectivity index (χ4n) is 4.55. The van der Waals surface area contributed by atoms with Gasteiger partial charge >= 0.3 is 0 Å². The predicted molar refractivity (Wildman–Crippen MR) is 130 cm³/mol. The molecule has 1 fully saturated rings. The van der Waals surface area contributed by atoms with Crippen LogP contribution in [-0.2, 0) is 14.8 Å². The second kappa shape index (κ2) is 9.43. The maximum absolute atomic E-state index is 13.2. The Morgan fingerprint density at radius 1 is 1.14 bits per heavy atom. The van der Waals surface area contributed by atoms with Gasteiger partial charge in [-0.15, -0.1) is 0 Å². The summed E-state index contributed by atoms with van der Waals surface area (Å²) >= 11 is 0. The molecule has 5 rings (SSSR count). The van der Waals surface area contributed by atoms with Crippen LogP contribution >= 0.6 is 0 Å². The molecule has 3 heterocycles. The first-order chi connectivity index (χ1) is 16.9. The molecular weight excluding hydrogens is 468 g/mol. The fraction of sp³-hybridized carbons (Fsp3) is 0.400. The van der Waals surface area contributed by atoms with E-state index in [1.165, 1.54) is 4.31 Å². The van der Waals surface area contributed by atoms with Crippen LogP contribution in [0.5, 0.6) is 5.75 Å². The van der Waals surface area contributed by atoms with Gasteiger partial charge in [-0.25, -0.2) is 8.42 Å². The molecule has 2 aliphatic heterocycles. The van der Waals surface area contributed by atoms with Gasteiger partial charge in [-0.05, 0) is 56.5 Å². The summed E-state index contributed by atoms with van der Waals surface area (Å²) in [5.41, 5.74) is 2.41. The summed E-state index contributed by atoms with van der Waals surface area (Å²) in [5.74, 6) is 1.19. The van der Waals surface area contributed by atoms with E-state index in [0.717, 1.165) is 18.4 Å². The van der Waals surface area contributed by atoms with Crippen LogP contribution in [0.3, 0.4) is 0 Å². The van der Waals surface area contributed by atoms with Crippen molar-refractivity contribution in [1.82, 2.24) is 14.4 Å². The molecule has 2 aliphatic rings. The molecule has 1 aromatic heterocycles. The Labute approximate surface area is 204 Å². The quantitative estimate of drug-likeness (QED) is 0.512. The summed E-state index contributed by atoms with van der Waals surface area (Å²) in [6.45, 7) is 5.32. The average molecular weight is 497 g/mol. The SMILES string of the molecule is CCCN1C(=O)COc2ccc(-c3noc([C@@H]4CCCN(S(=O)(=O)c5ccc(C)cc5)C4)n3)cc21. The zero-order chi connectivity index (χ0) is 24.6. The molecule has 0 N–H and O–H groups in total. The van der Waals surface area contributed by atoms with Crippen LogP contribution in [0.15, 0.2) is 51.9 Å². The lowest BCUT2D eigenvalue weighted by atomic mass is 10.00. The average Bonchev–Trinajstić information content (AvgIpc) is 3.36. The van der Waals surface area contributed by atoms with E-state index in [0.29, 0.717) is 48.2 Å². The number of benzene rings is 2. The van der Waals surface area contributed by atoms with Gasteiger partial charge in [0.15, 0.2) is 6.61 Å². The van der Waals surface area contributed by atoms with Crippen molar-refractivity contribution in [3.63, 3.8) is 0 Å². The van der Waals surface area contributed by atoms with Crippen LogP contribution in [0.2, 0.25) is 0 Å². The number of rotatable bonds is 6. The first-order valence-electron chi connectivity index (χ1n) is 11.8. The highest BCUT2D eigenvalue weighted by Gasteiger charge is 2.33. The van der Waals surface area contributed by atoms with Crippen LogP contribution in [0.25, 0.3) is 11.4 Å². The third-order valence-electron chi connectivity index (χ3n) is 6.44. The Kier molecular flexibility index (Phi) is 6.33. The van der Waals surface area contributed by atoms with Crippen LogP contribution in [0.1, 0.15) is 43.6 Å². The van der Waals surface area contributed by atoms with Crippen molar-refractivity contribution in [2.45, 2.75) is 43.9 Å². The van der Waals surface area contributed by atoms with Crippen molar-refractivity contribution in [3.05, 3.63) is 53.9 Å². The van der Waals surface area contributed by atoms with Crippen LogP contribution < -0.4 is 9.64 Å². The number of anilines is 1. The molecular formula is C25H28N4O5S. The minimum atomic E-state index is -3.60. The number of amides is 1. The van der Waals surface area contributed by atoms with Crippen LogP contribution in [-0.4, -0.2) is 55.0 Å². The lowest BCUT2D eigenvalue weighted by Crippen LogP contribution is -2.39. The first kappa shape index (κ1) is 23.5. The Bertz CT molecular complexity index is 1340. The third-order valence-corrected chi connectivity index (χ3v) is 8.32. The minimum Gasteiger partial charge on any atom is -0.482 e. The number of carbonyl (C=O) groups is 1. The van der Waals surface area contributed by atoms with E-state index in [1.54, 1.807) is 29.2 Å². The zero-order valence-electron chi connectivity index (χ0n) is 19.8. The van der Waals surface area contributed by atoms with Gasteiger partial charge < -0.3 is 14.2 Å². The molecule has 9 nitrogen and oxygen atoms in total. The van der Waals surface area contributed by atoms with E-state index in [4.69, 9.17) is 9.26 Å². The monoisotopic (exact) mass is 496 g/mol. The number of sulfonamides is 1. The molecule has 0 unspecified atom stereocenters. The van der Waals surface area contributed by atoms with Crippen LogP contribution in [0, 0.1) is 6.92 Å². The smallest absolute Gasteiger partial charge is 0.265 e. The molecule has 0 aliphatic carbocycles. The van der Waals surface area contributed by atoms with E-state index in [-0.39, 0.29) is 29.9 Å². The van der Waals surface area contributed by atoms with Crippen molar-refractivity contribution >= 4 is 21.6 Å². The Hall–Kier alpha value is -3.24. The van der Waals surface area contributed by atoms with Crippen molar-refractivity contribution < 1.29 is 22.5 Å². The Balaban J connectivity index is 1.37. The molecule has 0 bridgehead atoms. The first-order valence-corrected chi connectivity index (χ1v) is 13.3. The third kappa shape index (κ3) is 4.55. The highest BCUT2D eigenvalue weighted by atomic mass is 32.2. The predicted octanol–water partition coefficient (Wildman–Crippen LogP) is 3.75. The lowest BCUT2D eigenvalue weighted by Gasteiger charge is -2.30. The highest BCUT2D eigenvalue weighted by Crippen LogP contribution is 2.36. The number of hydrogen-bond donors (Lipinski definition) is 0. The van der Waals surface area contributed by atoms with E-state index in [2.05, 4.69) is 10.1 Å². The summed E-state index contributed by atoms with van der Waals surface area (Å²) in [5, 5.41) is 4.16. The van der Waals surface area contributed by atoms with Gasteiger partial charge in [-0.2, -0.15) is 9.29 Å². The fourth-order valence-corrected chi connectivity index (χ4v) is 6.07. The summed E-state index contributed by atoms with van der Waals surface area (Å²) in [4.78, 5) is 18.9. The van der Waals surface area contributed by atoms with Crippen molar-refractivity contribution in [2.24, 2.45) is 0 Å². The number of ether oxygens (including phenoxy) is 1.